The van der Waals surface area contributed by atoms with Crippen molar-refractivity contribution >= 4 is 34.7 Å². The van der Waals surface area contributed by atoms with E-state index in [1.54, 1.807) is 18.2 Å². The maximum absolute atomic E-state index is 12.5. The molecule has 0 fully saturated rings. The van der Waals surface area contributed by atoms with Crippen molar-refractivity contribution in [2.45, 2.75) is 12.8 Å². The minimum absolute atomic E-state index is 0.0216. The lowest BCUT2D eigenvalue weighted by Crippen LogP contribution is -2.34. The largest absolute Gasteiger partial charge is 0.364 e. The van der Waals surface area contributed by atoms with Gasteiger partial charge in [-0.2, -0.15) is 0 Å². The van der Waals surface area contributed by atoms with E-state index in [0.29, 0.717) is 22.2 Å². The van der Waals surface area contributed by atoms with Crippen LogP contribution in [0.4, 0.5) is 5.69 Å². The Hall–Kier alpha value is -1.51. The third kappa shape index (κ3) is 3.07. The van der Waals surface area contributed by atoms with Crippen LogP contribution in [0.15, 0.2) is 42.5 Å². The minimum Gasteiger partial charge on any atom is -0.364 e. The smallest absolute Gasteiger partial charge is 0.183 e. The number of halogens is 2. The second kappa shape index (κ2) is 6.08. The number of rotatable bonds is 3. The van der Waals surface area contributed by atoms with Gasteiger partial charge in [-0.1, -0.05) is 41.4 Å². The Morgan fingerprint density at radius 2 is 1.95 bits per heavy atom. The number of Topliss-reactive ketones (excluding diaryl/α,β-unsaturated/α-hetero) is 1. The number of carbonyl (C=O) groups excluding carboxylic acids is 1. The van der Waals surface area contributed by atoms with Crippen LogP contribution < -0.4 is 4.90 Å². The molecule has 1 aliphatic heterocycles. The van der Waals surface area contributed by atoms with Crippen molar-refractivity contribution in [1.82, 2.24) is 0 Å². The van der Waals surface area contributed by atoms with Crippen LogP contribution in [-0.4, -0.2) is 18.9 Å². The van der Waals surface area contributed by atoms with Gasteiger partial charge < -0.3 is 4.90 Å². The zero-order valence-corrected chi connectivity index (χ0v) is 13.0. The molecule has 2 aromatic carbocycles. The summed E-state index contributed by atoms with van der Waals surface area (Å²) in [6.45, 7) is 1.24. The Morgan fingerprint density at radius 1 is 1.14 bits per heavy atom. The predicted molar refractivity (Wildman–Crippen MR) is 87.8 cm³/mol. The molecule has 2 nitrogen and oxygen atoms in total. The summed E-state index contributed by atoms with van der Waals surface area (Å²) in [5.41, 5.74) is 2.99. The molecule has 0 saturated carbocycles. The van der Waals surface area contributed by atoms with Crippen molar-refractivity contribution in [2.75, 3.05) is 18.0 Å². The molecule has 0 N–H and O–H groups in total. The van der Waals surface area contributed by atoms with Gasteiger partial charge in [0.1, 0.15) is 0 Å². The van der Waals surface area contributed by atoms with Crippen molar-refractivity contribution in [1.29, 1.82) is 0 Å². The number of nitrogens with zero attached hydrogens (tertiary/aromatic N) is 1. The Bertz CT molecular complexity index is 684. The van der Waals surface area contributed by atoms with E-state index in [2.05, 4.69) is 17.0 Å². The van der Waals surface area contributed by atoms with Gasteiger partial charge in [0, 0.05) is 22.8 Å². The summed E-state index contributed by atoms with van der Waals surface area (Å²) >= 11 is 12.0. The first-order chi connectivity index (χ1) is 10.1. The van der Waals surface area contributed by atoms with E-state index < -0.39 is 0 Å². The fourth-order valence-corrected chi connectivity index (χ4v) is 3.26. The predicted octanol–water partition coefficient (Wildman–Crippen LogP) is 4.63. The van der Waals surface area contributed by atoms with Gasteiger partial charge in [-0.05, 0) is 42.7 Å². The van der Waals surface area contributed by atoms with Gasteiger partial charge in [-0.25, -0.2) is 0 Å². The first-order valence-electron chi connectivity index (χ1n) is 6.96. The highest BCUT2D eigenvalue weighted by Gasteiger charge is 2.20. The fourth-order valence-electron chi connectivity index (χ4n) is 2.75. The molecule has 0 aromatic heterocycles. The summed E-state index contributed by atoms with van der Waals surface area (Å²) in [7, 11) is 0. The molecule has 0 amide bonds. The SMILES string of the molecule is O=C(CN1CCCc2ccccc21)c1ccc(Cl)cc1Cl. The molecule has 3 rings (SSSR count). The summed E-state index contributed by atoms with van der Waals surface area (Å²) in [4.78, 5) is 14.6. The van der Waals surface area contributed by atoms with Crippen molar-refractivity contribution in [3.8, 4) is 0 Å². The van der Waals surface area contributed by atoms with Crippen LogP contribution in [0.1, 0.15) is 22.3 Å². The number of ketones is 1. The highest BCUT2D eigenvalue weighted by molar-refractivity contribution is 6.36. The van der Waals surface area contributed by atoms with E-state index in [9.17, 15) is 4.79 Å². The Morgan fingerprint density at radius 3 is 2.76 bits per heavy atom. The van der Waals surface area contributed by atoms with Gasteiger partial charge >= 0.3 is 0 Å². The monoisotopic (exact) mass is 319 g/mol. The average molecular weight is 320 g/mol. The molecular weight excluding hydrogens is 305 g/mol. The van der Waals surface area contributed by atoms with Gasteiger partial charge in [0.2, 0.25) is 0 Å². The molecule has 0 unspecified atom stereocenters. The molecule has 1 aliphatic rings. The van der Waals surface area contributed by atoms with Crippen molar-refractivity contribution in [3.63, 3.8) is 0 Å². The molecule has 0 atom stereocenters. The molecule has 0 aliphatic carbocycles. The zero-order valence-electron chi connectivity index (χ0n) is 11.5. The van der Waals surface area contributed by atoms with Gasteiger partial charge in [-0.15, -0.1) is 0 Å². The van der Waals surface area contributed by atoms with Crippen molar-refractivity contribution in [3.05, 3.63) is 63.6 Å². The van der Waals surface area contributed by atoms with Crippen LogP contribution in [0, 0.1) is 0 Å². The summed E-state index contributed by atoms with van der Waals surface area (Å²) in [5.74, 6) is 0.0216. The number of hydrogen-bond acceptors (Lipinski definition) is 2. The lowest BCUT2D eigenvalue weighted by atomic mass is 10.0. The second-order valence-corrected chi connectivity index (χ2v) is 6.04. The van der Waals surface area contributed by atoms with Crippen LogP contribution >= 0.6 is 23.2 Å². The molecule has 2 aromatic rings. The molecule has 21 heavy (non-hydrogen) atoms. The van der Waals surface area contributed by atoms with Gasteiger partial charge in [0.05, 0.1) is 11.6 Å². The molecule has 108 valence electrons. The molecule has 0 radical (unpaired) electrons. The van der Waals surface area contributed by atoms with Crippen LogP contribution in [0.5, 0.6) is 0 Å². The maximum Gasteiger partial charge on any atom is 0.183 e. The van der Waals surface area contributed by atoms with E-state index in [1.807, 2.05) is 12.1 Å². The first kappa shape index (κ1) is 14.4. The highest BCUT2D eigenvalue weighted by atomic mass is 35.5. The van der Waals surface area contributed by atoms with E-state index >= 15 is 0 Å². The van der Waals surface area contributed by atoms with Crippen LogP contribution in [-0.2, 0) is 6.42 Å². The molecule has 0 saturated heterocycles. The van der Waals surface area contributed by atoms with Crippen molar-refractivity contribution < 1.29 is 4.79 Å². The zero-order chi connectivity index (χ0) is 14.8. The number of benzene rings is 2. The number of para-hydroxylation sites is 1. The van der Waals surface area contributed by atoms with Gasteiger partial charge in [0.25, 0.3) is 0 Å². The van der Waals surface area contributed by atoms with Crippen molar-refractivity contribution in [2.24, 2.45) is 0 Å². The third-order valence-corrected chi connectivity index (χ3v) is 4.32. The lowest BCUT2D eigenvalue weighted by Gasteiger charge is -2.30. The number of hydrogen-bond donors (Lipinski definition) is 0. The van der Waals surface area contributed by atoms with E-state index in [-0.39, 0.29) is 5.78 Å². The van der Waals surface area contributed by atoms with E-state index in [1.165, 1.54) is 5.56 Å². The Balaban J connectivity index is 1.83. The molecule has 0 bridgehead atoms. The Kier molecular flexibility index (Phi) is 4.18. The topological polar surface area (TPSA) is 20.3 Å². The third-order valence-electron chi connectivity index (χ3n) is 3.77. The molecular formula is C17H15Cl2NO. The van der Waals surface area contributed by atoms with Gasteiger partial charge in [0.15, 0.2) is 5.78 Å². The molecule has 4 heteroatoms. The summed E-state index contributed by atoms with van der Waals surface area (Å²) < 4.78 is 0. The number of anilines is 1. The van der Waals surface area contributed by atoms with E-state index in [0.717, 1.165) is 25.1 Å². The second-order valence-electron chi connectivity index (χ2n) is 5.20. The Labute approximate surface area is 134 Å². The van der Waals surface area contributed by atoms with E-state index in [4.69, 9.17) is 23.2 Å². The van der Waals surface area contributed by atoms with Gasteiger partial charge in [-0.3, -0.25) is 4.79 Å². The minimum atomic E-state index is 0.0216. The maximum atomic E-state index is 12.5. The summed E-state index contributed by atoms with van der Waals surface area (Å²) in [6, 6.07) is 13.3. The summed E-state index contributed by atoms with van der Waals surface area (Å²) in [5, 5.41) is 0.956. The normalized spacial score (nSPS) is 13.9. The van der Waals surface area contributed by atoms with Crippen LogP contribution in [0.3, 0.4) is 0 Å². The highest BCUT2D eigenvalue weighted by Crippen LogP contribution is 2.28. The van der Waals surface area contributed by atoms with Crippen LogP contribution in [0.2, 0.25) is 10.0 Å². The quantitative estimate of drug-likeness (QED) is 0.769. The average Bonchev–Trinajstić information content (AvgIpc) is 2.47. The lowest BCUT2D eigenvalue weighted by molar-refractivity contribution is 0.0999. The number of aryl methyl sites for hydroxylation is 1. The fraction of sp³-hybridized carbons (Fsp3) is 0.235. The standard InChI is InChI=1S/C17H15Cl2NO/c18-13-7-8-14(15(19)10-13)17(21)11-20-9-3-5-12-4-1-2-6-16(12)20/h1-2,4,6-8,10H,3,5,9,11H2. The molecule has 0 spiro atoms. The summed E-state index contributed by atoms with van der Waals surface area (Å²) in [6.07, 6.45) is 2.14. The number of fused-ring (bicyclic) bond motifs is 1. The first-order valence-corrected chi connectivity index (χ1v) is 7.72. The van der Waals surface area contributed by atoms with Crippen LogP contribution in [0.25, 0.3) is 0 Å². The molecule has 1 heterocycles. The number of carbonyl (C=O) groups is 1.